The quantitative estimate of drug-likeness (QED) is 0.654. The first-order chi connectivity index (χ1) is 15.0. The third-order valence-electron chi connectivity index (χ3n) is 7.80. The van der Waals surface area contributed by atoms with E-state index in [1.54, 1.807) is 12.1 Å². The summed E-state index contributed by atoms with van der Waals surface area (Å²) >= 11 is 0. The molecule has 0 saturated heterocycles. The Balaban J connectivity index is 1.34. The number of methoxy groups -OCH3 is 1. The van der Waals surface area contributed by atoms with Gasteiger partial charge in [-0.2, -0.15) is 0 Å². The Hall–Kier alpha value is -1.92. The number of oxazole rings is 1. The average Bonchev–Trinajstić information content (AvgIpc) is 3.07. The summed E-state index contributed by atoms with van der Waals surface area (Å²) in [6.45, 7) is 4.41. The number of benzene rings is 1. The molecule has 6 rings (SSSR count). The van der Waals surface area contributed by atoms with Crippen molar-refractivity contribution in [1.29, 1.82) is 0 Å². The van der Waals surface area contributed by atoms with Gasteiger partial charge in [0.25, 0.3) is 0 Å². The molecule has 0 radical (unpaired) electrons. The molecule has 6 heteroatoms. The molecule has 0 spiro atoms. The predicted molar refractivity (Wildman–Crippen MR) is 116 cm³/mol. The van der Waals surface area contributed by atoms with Crippen LogP contribution in [0.2, 0.25) is 0 Å². The van der Waals surface area contributed by atoms with Crippen molar-refractivity contribution in [3.63, 3.8) is 0 Å². The van der Waals surface area contributed by atoms with Gasteiger partial charge in [0.1, 0.15) is 5.76 Å². The van der Waals surface area contributed by atoms with E-state index in [0.29, 0.717) is 30.0 Å². The van der Waals surface area contributed by atoms with Gasteiger partial charge in [-0.05, 0) is 86.8 Å². The van der Waals surface area contributed by atoms with Gasteiger partial charge in [-0.15, -0.1) is 0 Å². The zero-order chi connectivity index (χ0) is 21.6. The molecule has 1 aromatic heterocycles. The van der Waals surface area contributed by atoms with Gasteiger partial charge in [-0.25, -0.2) is 9.37 Å². The second-order valence-electron chi connectivity index (χ2n) is 10.2. The lowest BCUT2D eigenvalue weighted by Gasteiger charge is -2.58. The number of nitrogens with zero attached hydrogens (tertiary/aromatic N) is 2. The standard InChI is InChI=1S/C25H33FN2O3/c1-16-22(27-24(31-16)20-3-4-21(26)23(10-20)30-2)14-28(5-6-29)15-25-11-17-7-18(12-25)9-19(8-17)13-25/h3-4,10,17-19,29H,5-9,11-15H2,1-2H3. The first-order valence-corrected chi connectivity index (χ1v) is 11.6. The predicted octanol–water partition coefficient (Wildman–Crippen LogP) is 4.81. The molecule has 1 N–H and O–H groups in total. The van der Waals surface area contributed by atoms with E-state index >= 15 is 0 Å². The molecule has 0 atom stereocenters. The Kier molecular flexibility index (Phi) is 5.55. The monoisotopic (exact) mass is 428 g/mol. The molecule has 0 unspecified atom stereocenters. The highest BCUT2D eigenvalue weighted by Crippen LogP contribution is 2.60. The first-order valence-electron chi connectivity index (χ1n) is 11.6. The normalized spacial score (nSPS) is 29.1. The maximum Gasteiger partial charge on any atom is 0.226 e. The van der Waals surface area contributed by atoms with Crippen molar-refractivity contribution >= 4 is 0 Å². The maximum atomic E-state index is 13.8. The van der Waals surface area contributed by atoms with Crippen molar-refractivity contribution in [2.24, 2.45) is 23.2 Å². The molecule has 1 aromatic carbocycles. The van der Waals surface area contributed by atoms with Gasteiger partial charge in [0.15, 0.2) is 11.6 Å². The molecule has 2 aromatic rings. The van der Waals surface area contributed by atoms with Gasteiger partial charge in [0.05, 0.1) is 19.4 Å². The molecule has 4 fully saturated rings. The molecule has 1 heterocycles. The Bertz CT molecular complexity index is 906. The van der Waals surface area contributed by atoms with Crippen molar-refractivity contribution in [3.05, 3.63) is 35.5 Å². The second-order valence-corrected chi connectivity index (χ2v) is 10.2. The zero-order valence-corrected chi connectivity index (χ0v) is 18.6. The molecule has 0 amide bonds. The minimum Gasteiger partial charge on any atom is -0.494 e. The number of aryl methyl sites for hydroxylation is 1. The number of aliphatic hydroxyl groups is 1. The Labute approximate surface area is 183 Å². The minimum atomic E-state index is -0.403. The zero-order valence-electron chi connectivity index (χ0n) is 18.6. The molecule has 4 bridgehead atoms. The Morgan fingerprint density at radius 2 is 1.87 bits per heavy atom. The first kappa shape index (κ1) is 21.0. The lowest BCUT2D eigenvalue weighted by molar-refractivity contribution is -0.0715. The van der Waals surface area contributed by atoms with E-state index in [1.807, 2.05) is 6.92 Å². The van der Waals surface area contributed by atoms with Crippen molar-refractivity contribution in [1.82, 2.24) is 9.88 Å². The van der Waals surface area contributed by atoms with Crippen molar-refractivity contribution in [2.75, 3.05) is 26.8 Å². The van der Waals surface area contributed by atoms with Crippen LogP contribution < -0.4 is 4.74 Å². The number of hydrogen-bond acceptors (Lipinski definition) is 5. The largest absolute Gasteiger partial charge is 0.494 e. The maximum absolute atomic E-state index is 13.8. The Morgan fingerprint density at radius 1 is 1.19 bits per heavy atom. The fourth-order valence-corrected chi connectivity index (χ4v) is 7.02. The number of hydrogen-bond donors (Lipinski definition) is 1. The highest BCUT2D eigenvalue weighted by molar-refractivity contribution is 5.56. The van der Waals surface area contributed by atoms with E-state index in [1.165, 1.54) is 51.7 Å². The number of rotatable bonds is 8. The van der Waals surface area contributed by atoms with Gasteiger partial charge in [0, 0.05) is 25.2 Å². The minimum absolute atomic E-state index is 0.144. The van der Waals surface area contributed by atoms with E-state index in [9.17, 15) is 9.50 Å². The van der Waals surface area contributed by atoms with Gasteiger partial charge in [-0.1, -0.05) is 0 Å². The van der Waals surface area contributed by atoms with Crippen LogP contribution in [0, 0.1) is 35.9 Å². The summed E-state index contributed by atoms with van der Waals surface area (Å²) in [7, 11) is 1.45. The molecule has 5 nitrogen and oxygen atoms in total. The van der Waals surface area contributed by atoms with Crippen LogP contribution in [0.5, 0.6) is 5.75 Å². The lowest BCUT2D eigenvalue weighted by atomic mass is 9.49. The van der Waals surface area contributed by atoms with Crippen molar-refractivity contribution in [2.45, 2.75) is 52.0 Å². The van der Waals surface area contributed by atoms with Crippen LogP contribution in [0.15, 0.2) is 22.6 Å². The van der Waals surface area contributed by atoms with Gasteiger partial charge in [0.2, 0.25) is 5.89 Å². The summed E-state index contributed by atoms with van der Waals surface area (Å²) in [5.74, 6) is 3.76. The van der Waals surface area contributed by atoms with Crippen LogP contribution in [0.4, 0.5) is 4.39 Å². The molecule has 168 valence electrons. The third kappa shape index (κ3) is 4.12. The highest BCUT2D eigenvalue weighted by atomic mass is 19.1. The smallest absolute Gasteiger partial charge is 0.226 e. The van der Waals surface area contributed by atoms with Gasteiger partial charge >= 0.3 is 0 Å². The van der Waals surface area contributed by atoms with Crippen LogP contribution >= 0.6 is 0 Å². The number of ether oxygens (including phenoxy) is 1. The summed E-state index contributed by atoms with van der Waals surface area (Å²) in [4.78, 5) is 7.10. The van der Waals surface area contributed by atoms with Crippen LogP contribution in [0.25, 0.3) is 11.5 Å². The van der Waals surface area contributed by atoms with Gasteiger partial charge < -0.3 is 14.3 Å². The van der Waals surface area contributed by atoms with E-state index < -0.39 is 5.82 Å². The summed E-state index contributed by atoms with van der Waals surface area (Å²) < 4.78 is 24.8. The summed E-state index contributed by atoms with van der Waals surface area (Å²) in [6, 6.07) is 4.65. The summed E-state index contributed by atoms with van der Waals surface area (Å²) in [5.41, 5.74) is 1.99. The lowest BCUT2D eigenvalue weighted by Crippen LogP contribution is -2.51. The molecular weight excluding hydrogens is 395 g/mol. The molecule has 4 aliphatic rings. The SMILES string of the molecule is COc1cc(-c2nc(CN(CCO)CC34CC5CC(CC(C5)C3)C4)c(C)o2)ccc1F. The van der Waals surface area contributed by atoms with E-state index in [2.05, 4.69) is 4.90 Å². The van der Waals surface area contributed by atoms with Crippen LogP contribution in [0.3, 0.4) is 0 Å². The van der Waals surface area contributed by atoms with Crippen LogP contribution in [-0.2, 0) is 6.54 Å². The highest BCUT2D eigenvalue weighted by Gasteiger charge is 2.51. The Morgan fingerprint density at radius 3 is 2.48 bits per heavy atom. The molecule has 4 saturated carbocycles. The number of halogens is 1. The van der Waals surface area contributed by atoms with Crippen molar-refractivity contribution in [3.8, 4) is 17.2 Å². The molecule has 31 heavy (non-hydrogen) atoms. The second kappa shape index (κ2) is 8.21. The summed E-state index contributed by atoms with van der Waals surface area (Å²) in [5, 5.41) is 9.73. The average molecular weight is 429 g/mol. The molecule has 0 aliphatic heterocycles. The van der Waals surface area contributed by atoms with Crippen LogP contribution in [0.1, 0.15) is 50.0 Å². The van der Waals surface area contributed by atoms with Crippen LogP contribution in [-0.4, -0.2) is 41.8 Å². The van der Waals surface area contributed by atoms with Gasteiger partial charge in [-0.3, -0.25) is 4.90 Å². The topological polar surface area (TPSA) is 58.7 Å². The van der Waals surface area contributed by atoms with E-state index in [4.69, 9.17) is 14.1 Å². The molecule has 4 aliphatic carbocycles. The number of aliphatic hydroxyl groups excluding tert-OH is 1. The van der Waals surface area contributed by atoms with E-state index in [0.717, 1.165) is 35.8 Å². The number of aromatic nitrogens is 1. The summed E-state index contributed by atoms with van der Waals surface area (Å²) in [6.07, 6.45) is 8.35. The fraction of sp³-hybridized carbons (Fsp3) is 0.640. The van der Waals surface area contributed by atoms with Crippen molar-refractivity contribution < 1.29 is 18.7 Å². The van der Waals surface area contributed by atoms with E-state index in [-0.39, 0.29) is 12.4 Å². The fourth-order valence-electron chi connectivity index (χ4n) is 7.02. The molecular formula is C25H33FN2O3. The third-order valence-corrected chi connectivity index (χ3v) is 7.80.